The van der Waals surface area contributed by atoms with Crippen LogP contribution in [0.1, 0.15) is 10.4 Å². The minimum atomic E-state index is -4.32. The second-order valence-electron chi connectivity index (χ2n) is 2.31. The third-order valence-electron chi connectivity index (χ3n) is 1.42. The maximum Gasteiger partial charge on any atom is 0.294 e. The van der Waals surface area contributed by atoms with Crippen molar-refractivity contribution < 1.29 is 33.8 Å². The van der Waals surface area contributed by atoms with Crippen LogP contribution in [0.15, 0.2) is 23.1 Å². The quantitative estimate of drug-likeness (QED) is 0.489. The third-order valence-corrected chi connectivity index (χ3v) is 2.27. The molecule has 7 nitrogen and oxygen atoms in total. The Morgan fingerprint density at radius 1 is 1.20 bits per heavy atom. The maximum absolute atomic E-state index is 10.6. The smallest absolute Gasteiger partial charge is 0.294 e. The summed E-state index contributed by atoms with van der Waals surface area (Å²) in [5, 5.41) is 8.99. The number of phenolic OH excluding ortho intramolecular Hbond substituents is 1. The number of aldehydes is 1. The van der Waals surface area contributed by atoms with Gasteiger partial charge < -0.3 is 16.1 Å². The van der Waals surface area contributed by atoms with Gasteiger partial charge in [-0.25, -0.2) is 0 Å². The van der Waals surface area contributed by atoms with E-state index in [1.807, 2.05) is 0 Å². The van der Waals surface area contributed by atoms with Gasteiger partial charge in [0.05, 0.1) is 10.5 Å². The fraction of sp³-hybridized carbons (Fsp3) is 0. The van der Waals surface area contributed by atoms with Crippen molar-refractivity contribution in [1.82, 2.24) is 0 Å². The van der Waals surface area contributed by atoms with Crippen LogP contribution in [0.2, 0.25) is 0 Å². The molecule has 0 unspecified atom stereocenters. The number of aromatic hydroxyl groups is 1. The van der Waals surface area contributed by atoms with E-state index in [2.05, 4.69) is 0 Å². The summed E-state index contributed by atoms with van der Waals surface area (Å²) in [6, 6.07) is 2.90. The zero-order valence-electron chi connectivity index (χ0n) is 7.34. The maximum atomic E-state index is 10.6. The van der Waals surface area contributed by atoms with Gasteiger partial charge in [-0.1, -0.05) is 0 Å². The van der Waals surface area contributed by atoms with Gasteiger partial charge >= 0.3 is 0 Å². The zero-order valence-corrected chi connectivity index (χ0v) is 8.15. The van der Waals surface area contributed by atoms with E-state index in [1.54, 1.807) is 0 Å². The van der Waals surface area contributed by atoms with Gasteiger partial charge in [0.25, 0.3) is 10.1 Å². The standard InChI is InChI=1S/C7H6O5S.2H2O/c8-4-5-3-6(13(10,11)12)1-2-7(5)9;;/h1-4,9H,(H,10,11,12);2*1H2. The molecular weight excluding hydrogens is 228 g/mol. The summed E-state index contributed by atoms with van der Waals surface area (Å²) in [5.74, 6) is -0.331. The van der Waals surface area contributed by atoms with Crippen LogP contribution in [0.25, 0.3) is 0 Å². The van der Waals surface area contributed by atoms with Crippen LogP contribution in [-0.4, -0.2) is 35.3 Å². The molecule has 0 radical (unpaired) electrons. The van der Waals surface area contributed by atoms with E-state index in [0.717, 1.165) is 18.2 Å². The van der Waals surface area contributed by atoms with Crippen molar-refractivity contribution >= 4 is 16.4 Å². The van der Waals surface area contributed by atoms with Crippen LogP contribution in [-0.2, 0) is 10.1 Å². The lowest BCUT2D eigenvalue weighted by molar-refractivity contribution is 0.112. The number of carbonyl (C=O) groups excluding carboxylic acids is 1. The van der Waals surface area contributed by atoms with Crippen molar-refractivity contribution in [3.05, 3.63) is 23.8 Å². The van der Waals surface area contributed by atoms with Crippen LogP contribution in [0.4, 0.5) is 0 Å². The van der Waals surface area contributed by atoms with Gasteiger partial charge in [0.1, 0.15) is 5.75 Å². The second-order valence-corrected chi connectivity index (χ2v) is 3.74. The van der Waals surface area contributed by atoms with E-state index in [9.17, 15) is 13.2 Å². The summed E-state index contributed by atoms with van der Waals surface area (Å²) in [6.07, 6.45) is 0.296. The molecule has 8 heteroatoms. The first-order chi connectivity index (χ1) is 5.95. The first kappa shape index (κ1) is 16.0. The molecule has 1 aromatic carbocycles. The fourth-order valence-electron chi connectivity index (χ4n) is 0.787. The van der Waals surface area contributed by atoms with Gasteiger partial charge in [0.2, 0.25) is 0 Å². The van der Waals surface area contributed by atoms with E-state index in [1.165, 1.54) is 0 Å². The number of benzene rings is 1. The van der Waals surface area contributed by atoms with Gasteiger partial charge in [-0.15, -0.1) is 0 Å². The topological polar surface area (TPSA) is 155 Å². The lowest BCUT2D eigenvalue weighted by atomic mass is 10.2. The molecule has 0 heterocycles. The molecule has 86 valence electrons. The first-order valence-corrected chi connectivity index (χ1v) is 4.65. The molecule has 0 aliphatic rings. The summed E-state index contributed by atoms with van der Waals surface area (Å²) in [7, 11) is -4.32. The van der Waals surface area contributed by atoms with Crippen molar-refractivity contribution in [3.63, 3.8) is 0 Å². The van der Waals surface area contributed by atoms with Crippen molar-refractivity contribution in [2.75, 3.05) is 0 Å². The fourth-order valence-corrected chi connectivity index (χ4v) is 1.30. The molecule has 0 saturated carbocycles. The summed E-state index contributed by atoms with van der Waals surface area (Å²) in [5.41, 5.74) is -0.185. The Bertz CT molecular complexity index is 437. The molecule has 0 atom stereocenters. The Morgan fingerprint density at radius 3 is 2.13 bits per heavy atom. The highest BCUT2D eigenvalue weighted by molar-refractivity contribution is 7.85. The average Bonchev–Trinajstić information content (AvgIpc) is 2.03. The number of carbonyl (C=O) groups is 1. The summed E-state index contributed by atoms with van der Waals surface area (Å²) < 4.78 is 29.7. The number of rotatable bonds is 2. The van der Waals surface area contributed by atoms with Gasteiger partial charge in [-0.2, -0.15) is 8.42 Å². The Hall–Kier alpha value is -1.48. The van der Waals surface area contributed by atoms with Gasteiger partial charge in [0, 0.05) is 0 Å². The molecule has 0 spiro atoms. The van der Waals surface area contributed by atoms with Crippen molar-refractivity contribution in [2.45, 2.75) is 4.90 Å². The Kier molecular flexibility index (Phi) is 5.76. The molecule has 6 N–H and O–H groups in total. The van der Waals surface area contributed by atoms with Gasteiger partial charge in [-0.3, -0.25) is 9.35 Å². The van der Waals surface area contributed by atoms with E-state index in [4.69, 9.17) is 9.66 Å². The molecular formula is C7H10O7S. The molecule has 0 amide bonds. The van der Waals surface area contributed by atoms with Crippen LogP contribution in [0.5, 0.6) is 5.75 Å². The van der Waals surface area contributed by atoms with E-state index in [-0.39, 0.29) is 22.3 Å². The number of hydrogen-bond acceptors (Lipinski definition) is 4. The highest BCUT2D eigenvalue weighted by Crippen LogP contribution is 2.19. The molecule has 0 saturated heterocycles. The molecule has 0 aliphatic carbocycles. The molecule has 0 bridgehead atoms. The third kappa shape index (κ3) is 3.64. The molecule has 1 aromatic rings. The Labute approximate surface area is 85.3 Å². The van der Waals surface area contributed by atoms with Crippen molar-refractivity contribution in [1.29, 1.82) is 0 Å². The summed E-state index contributed by atoms with van der Waals surface area (Å²) in [6.45, 7) is 0. The Balaban J connectivity index is 0. The largest absolute Gasteiger partial charge is 0.507 e. The Morgan fingerprint density at radius 2 is 1.73 bits per heavy atom. The van der Waals surface area contributed by atoms with E-state index < -0.39 is 15.0 Å². The van der Waals surface area contributed by atoms with Gasteiger partial charge in [-0.05, 0) is 18.2 Å². The minimum Gasteiger partial charge on any atom is -0.507 e. The number of phenols is 1. The number of hydrogen-bond donors (Lipinski definition) is 2. The monoisotopic (exact) mass is 238 g/mol. The second kappa shape index (κ2) is 5.41. The van der Waals surface area contributed by atoms with Gasteiger partial charge in [0.15, 0.2) is 6.29 Å². The van der Waals surface area contributed by atoms with Crippen LogP contribution >= 0.6 is 0 Å². The highest BCUT2D eigenvalue weighted by Gasteiger charge is 2.11. The van der Waals surface area contributed by atoms with Crippen LogP contribution < -0.4 is 0 Å². The summed E-state index contributed by atoms with van der Waals surface area (Å²) in [4.78, 5) is 9.85. The zero-order chi connectivity index (χ0) is 10.1. The molecule has 15 heavy (non-hydrogen) atoms. The molecule has 0 aliphatic heterocycles. The first-order valence-electron chi connectivity index (χ1n) is 3.21. The van der Waals surface area contributed by atoms with E-state index >= 15 is 0 Å². The SMILES string of the molecule is O.O.O=Cc1cc(S(=O)(=O)O)ccc1O. The normalized spacial score (nSPS) is 9.67. The predicted molar refractivity (Wildman–Crippen MR) is 50.5 cm³/mol. The van der Waals surface area contributed by atoms with E-state index in [0.29, 0.717) is 6.29 Å². The lowest BCUT2D eigenvalue weighted by Gasteiger charge is -1.99. The van der Waals surface area contributed by atoms with Crippen LogP contribution in [0, 0.1) is 0 Å². The molecule has 1 rings (SSSR count). The lowest BCUT2D eigenvalue weighted by Crippen LogP contribution is -1.98. The summed E-state index contributed by atoms with van der Waals surface area (Å²) >= 11 is 0. The average molecular weight is 238 g/mol. The van der Waals surface area contributed by atoms with Crippen LogP contribution in [0.3, 0.4) is 0 Å². The minimum absolute atomic E-state index is 0. The molecule has 0 fully saturated rings. The predicted octanol–water partition coefficient (Wildman–Crippen LogP) is -1.20. The highest BCUT2D eigenvalue weighted by atomic mass is 32.2. The van der Waals surface area contributed by atoms with Crippen molar-refractivity contribution in [2.24, 2.45) is 0 Å². The van der Waals surface area contributed by atoms with Crippen molar-refractivity contribution in [3.8, 4) is 5.75 Å². The molecule has 0 aromatic heterocycles.